The number of amides is 3. The molecule has 0 saturated heterocycles. The van der Waals surface area contributed by atoms with Crippen molar-refractivity contribution >= 4 is 23.9 Å². The minimum absolute atomic E-state index is 0.0442. The van der Waals surface area contributed by atoms with Gasteiger partial charge in [0.2, 0.25) is 11.8 Å². The second-order valence-electron chi connectivity index (χ2n) is 11.8. The molecule has 2 aromatic rings. The Labute approximate surface area is 243 Å². The van der Waals surface area contributed by atoms with Gasteiger partial charge in [0.25, 0.3) is 0 Å². The van der Waals surface area contributed by atoms with Gasteiger partial charge < -0.3 is 20.5 Å². The highest BCUT2D eigenvalue weighted by Gasteiger charge is 2.30. The van der Waals surface area contributed by atoms with Crippen LogP contribution in [0.2, 0.25) is 0 Å². The predicted octanol–water partition coefficient (Wildman–Crippen LogP) is 4.76. The molecule has 0 heterocycles. The third-order valence-corrected chi connectivity index (χ3v) is 6.39. The molecule has 2 aromatic carbocycles. The van der Waals surface area contributed by atoms with E-state index >= 15 is 0 Å². The molecule has 0 bridgehead atoms. The van der Waals surface area contributed by atoms with Crippen molar-refractivity contribution in [3.8, 4) is 0 Å². The summed E-state index contributed by atoms with van der Waals surface area (Å²) in [5.74, 6) is -2.29. The number of aliphatic carboxylic acids is 1. The number of carbonyl (C=O) groups excluding carboxylic acids is 3. The quantitative estimate of drug-likeness (QED) is 0.302. The first-order valence-electron chi connectivity index (χ1n) is 14.1. The highest BCUT2D eigenvalue weighted by atomic mass is 16.6. The number of hydrogen-bond donors (Lipinski definition) is 3. The predicted molar refractivity (Wildman–Crippen MR) is 158 cm³/mol. The fourth-order valence-corrected chi connectivity index (χ4v) is 4.35. The molecule has 3 atom stereocenters. The summed E-state index contributed by atoms with van der Waals surface area (Å²) < 4.78 is 5.57. The summed E-state index contributed by atoms with van der Waals surface area (Å²) in [5, 5.41) is 15.0. The zero-order valence-corrected chi connectivity index (χ0v) is 25.1. The van der Waals surface area contributed by atoms with E-state index in [-0.39, 0.29) is 37.8 Å². The van der Waals surface area contributed by atoms with E-state index in [2.05, 4.69) is 10.6 Å². The van der Waals surface area contributed by atoms with Crippen molar-refractivity contribution in [2.75, 3.05) is 13.1 Å². The molecule has 0 aliphatic carbocycles. The van der Waals surface area contributed by atoms with Crippen LogP contribution in [0.4, 0.5) is 4.79 Å². The molecule has 41 heavy (non-hydrogen) atoms. The van der Waals surface area contributed by atoms with Gasteiger partial charge >= 0.3 is 12.1 Å². The van der Waals surface area contributed by atoms with Crippen LogP contribution in [0.25, 0.3) is 0 Å². The molecule has 3 amide bonds. The molecule has 0 spiro atoms. The monoisotopic (exact) mass is 567 g/mol. The zero-order chi connectivity index (χ0) is 30.6. The van der Waals surface area contributed by atoms with Crippen molar-refractivity contribution in [3.63, 3.8) is 0 Å². The highest BCUT2D eigenvalue weighted by Crippen LogP contribution is 2.18. The molecular formula is C32H45N3O6. The zero-order valence-electron chi connectivity index (χ0n) is 25.1. The van der Waals surface area contributed by atoms with Gasteiger partial charge in [0.1, 0.15) is 24.2 Å². The molecule has 0 radical (unpaired) electrons. The average Bonchev–Trinajstić information content (AvgIpc) is 2.89. The highest BCUT2D eigenvalue weighted by molar-refractivity contribution is 5.91. The molecule has 0 aliphatic rings. The maximum Gasteiger partial charge on any atom is 0.410 e. The van der Waals surface area contributed by atoms with Crippen LogP contribution in [0.5, 0.6) is 0 Å². The van der Waals surface area contributed by atoms with Crippen molar-refractivity contribution in [3.05, 3.63) is 71.8 Å². The van der Waals surface area contributed by atoms with E-state index in [0.29, 0.717) is 6.42 Å². The van der Waals surface area contributed by atoms with Crippen molar-refractivity contribution in [1.29, 1.82) is 0 Å². The Kier molecular flexibility index (Phi) is 12.8. The lowest BCUT2D eigenvalue weighted by molar-refractivity contribution is -0.142. The fourth-order valence-electron chi connectivity index (χ4n) is 4.35. The van der Waals surface area contributed by atoms with E-state index in [4.69, 9.17) is 4.74 Å². The molecule has 0 fully saturated rings. The average molecular weight is 568 g/mol. The van der Waals surface area contributed by atoms with Crippen molar-refractivity contribution in [2.45, 2.75) is 84.4 Å². The number of nitrogens with one attached hydrogen (secondary N) is 2. The number of nitrogens with zero attached hydrogens (tertiary/aromatic N) is 1. The first-order valence-corrected chi connectivity index (χ1v) is 14.1. The standard InChI is InChI=1S/C32H45N3O6/c1-22(2)19-27(30(38)39)34-29(37)26(18-17-24-13-9-7-10-14-24)33-28(36)21-35(31(40)41-32(4,5)6)20-23(3)25-15-11-8-12-16-25/h7-16,22-23,26-27H,17-21H2,1-6H3,(H,33,36)(H,34,37)(H,38,39)/t23-,26+,27+/m0/s1. The number of hydrogen-bond acceptors (Lipinski definition) is 5. The maximum atomic E-state index is 13.3. The van der Waals surface area contributed by atoms with Gasteiger partial charge in [-0.25, -0.2) is 9.59 Å². The number of carbonyl (C=O) groups is 4. The van der Waals surface area contributed by atoms with E-state index in [0.717, 1.165) is 11.1 Å². The summed E-state index contributed by atoms with van der Waals surface area (Å²) in [6.07, 6.45) is 0.359. The topological polar surface area (TPSA) is 125 Å². The van der Waals surface area contributed by atoms with Crippen LogP contribution in [0.3, 0.4) is 0 Å². The largest absolute Gasteiger partial charge is 0.480 e. The molecule has 9 nitrogen and oxygen atoms in total. The van der Waals surface area contributed by atoms with Crippen molar-refractivity contribution < 1.29 is 29.0 Å². The number of carboxylic acid groups (broad SMARTS) is 1. The smallest absolute Gasteiger partial charge is 0.410 e. The Morgan fingerprint density at radius 2 is 1.46 bits per heavy atom. The second kappa shape index (κ2) is 15.8. The maximum absolute atomic E-state index is 13.3. The molecule has 3 N–H and O–H groups in total. The van der Waals surface area contributed by atoms with E-state index < -0.39 is 41.6 Å². The molecule has 0 unspecified atom stereocenters. The summed E-state index contributed by atoms with van der Waals surface area (Å²) >= 11 is 0. The van der Waals surface area contributed by atoms with Crippen LogP contribution >= 0.6 is 0 Å². The van der Waals surface area contributed by atoms with Crippen molar-refractivity contribution in [2.24, 2.45) is 5.92 Å². The van der Waals surface area contributed by atoms with Gasteiger partial charge in [0.15, 0.2) is 0 Å². The van der Waals surface area contributed by atoms with Crippen LogP contribution in [0.15, 0.2) is 60.7 Å². The van der Waals surface area contributed by atoms with Crippen LogP contribution in [0.1, 0.15) is 71.4 Å². The Bertz CT molecular complexity index is 1130. The molecule has 0 aliphatic heterocycles. The molecular weight excluding hydrogens is 522 g/mol. The number of aryl methyl sites for hydroxylation is 1. The van der Waals surface area contributed by atoms with E-state index in [1.807, 2.05) is 81.4 Å². The lowest BCUT2D eigenvalue weighted by atomic mass is 10.0. The minimum Gasteiger partial charge on any atom is -0.480 e. The van der Waals surface area contributed by atoms with Gasteiger partial charge in [0, 0.05) is 6.54 Å². The van der Waals surface area contributed by atoms with Crippen LogP contribution < -0.4 is 10.6 Å². The summed E-state index contributed by atoms with van der Waals surface area (Å²) in [5.41, 5.74) is 1.22. The minimum atomic E-state index is -1.13. The van der Waals surface area contributed by atoms with E-state index in [9.17, 15) is 24.3 Å². The molecule has 224 valence electrons. The summed E-state index contributed by atoms with van der Waals surface area (Å²) in [6, 6.07) is 17.1. The Hall–Kier alpha value is -3.88. The van der Waals surface area contributed by atoms with E-state index in [1.54, 1.807) is 20.8 Å². The summed E-state index contributed by atoms with van der Waals surface area (Å²) in [7, 11) is 0. The number of rotatable bonds is 14. The molecule has 0 aromatic heterocycles. The first-order chi connectivity index (χ1) is 19.2. The lowest BCUT2D eigenvalue weighted by Crippen LogP contribution is -2.54. The Morgan fingerprint density at radius 3 is 2.00 bits per heavy atom. The lowest BCUT2D eigenvalue weighted by Gasteiger charge is -2.30. The first kappa shape index (κ1) is 33.3. The molecule has 0 saturated carbocycles. The molecule has 2 rings (SSSR count). The van der Waals surface area contributed by atoms with Crippen LogP contribution in [-0.2, 0) is 25.5 Å². The fraction of sp³-hybridized carbons (Fsp3) is 0.500. The van der Waals surface area contributed by atoms with Crippen molar-refractivity contribution in [1.82, 2.24) is 15.5 Å². The van der Waals surface area contributed by atoms with Gasteiger partial charge in [-0.15, -0.1) is 0 Å². The summed E-state index contributed by atoms with van der Waals surface area (Å²) in [4.78, 5) is 52.8. The van der Waals surface area contributed by atoms with Crippen LogP contribution in [0, 0.1) is 5.92 Å². The normalized spacial score (nSPS) is 13.5. The number of ether oxygens (including phenoxy) is 1. The summed E-state index contributed by atoms with van der Waals surface area (Å²) in [6.45, 7) is 10.9. The van der Waals surface area contributed by atoms with E-state index in [1.165, 1.54) is 4.90 Å². The Balaban J connectivity index is 2.22. The third-order valence-electron chi connectivity index (χ3n) is 6.39. The molecule has 9 heteroatoms. The SMILES string of the molecule is CC(C)C[C@@H](NC(=O)[C@@H](CCc1ccccc1)NC(=O)CN(C[C@H](C)c1ccccc1)C(=O)OC(C)(C)C)C(=O)O. The van der Waals surface area contributed by atoms with Gasteiger partial charge in [-0.3, -0.25) is 14.5 Å². The van der Waals surface area contributed by atoms with Gasteiger partial charge in [-0.2, -0.15) is 0 Å². The Morgan fingerprint density at radius 1 is 0.878 bits per heavy atom. The van der Waals surface area contributed by atoms with Crippen LogP contribution in [-0.4, -0.2) is 64.7 Å². The van der Waals surface area contributed by atoms with Gasteiger partial charge in [-0.05, 0) is 63.0 Å². The second-order valence-corrected chi connectivity index (χ2v) is 11.8. The van der Waals surface area contributed by atoms with Gasteiger partial charge in [0.05, 0.1) is 0 Å². The third kappa shape index (κ3) is 12.4. The number of carboxylic acids is 1. The number of benzene rings is 2. The van der Waals surface area contributed by atoms with Gasteiger partial charge in [-0.1, -0.05) is 81.4 Å².